The minimum Gasteiger partial charge on any atom is -0.393 e. The SMILES string of the molecule is CCCc1ncc(C(=O)N2CCCC2CC(C)O)s1. The zero-order valence-corrected chi connectivity index (χ0v) is 12.4. The molecule has 0 spiro atoms. The normalized spacial score (nSPS) is 20.8. The smallest absolute Gasteiger partial charge is 0.265 e. The van der Waals surface area contributed by atoms with Crippen molar-refractivity contribution < 1.29 is 9.90 Å². The minimum absolute atomic E-state index is 0.0861. The van der Waals surface area contributed by atoms with Crippen molar-refractivity contribution in [2.24, 2.45) is 0 Å². The van der Waals surface area contributed by atoms with Crippen molar-refractivity contribution >= 4 is 17.2 Å². The molecule has 1 aliphatic rings. The van der Waals surface area contributed by atoms with Crippen LogP contribution in [0.4, 0.5) is 0 Å². The van der Waals surface area contributed by atoms with Crippen molar-refractivity contribution in [2.75, 3.05) is 6.54 Å². The van der Waals surface area contributed by atoms with Crippen molar-refractivity contribution in [3.63, 3.8) is 0 Å². The lowest BCUT2D eigenvalue weighted by atomic mass is 10.1. The zero-order valence-electron chi connectivity index (χ0n) is 11.6. The van der Waals surface area contributed by atoms with Gasteiger partial charge in [0.2, 0.25) is 0 Å². The fourth-order valence-electron chi connectivity index (χ4n) is 2.62. The molecule has 2 heterocycles. The molecule has 0 saturated carbocycles. The number of aryl methyl sites for hydroxylation is 1. The Hall–Kier alpha value is -0.940. The minimum atomic E-state index is -0.351. The van der Waals surface area contributed by atoms with E-state index in [1.165, 1.54) is 11.3 Å². The largest absolute Gasteiger partial charge is 0.393 e. The average Bonchev–Trinajstić information content (AvgIpc) is 2.97. The molecule has 1 N–H and O–H groups in total. The van der Waals surface area contributed by atoms with E-state index >= 15 is 0 Å². The third-order valence-electron chi connectivity index (χ3n) is 3.48. The molecular weight excluding hydrogens is 260 g/mol. The Kier molecular flexibility index (Phi) is 4.93. The van der Waals surface area contributed by atoms with Crippen molar-refractivity contribution in [1.82, 2.24) is 9.88 Å². The molecule has 1 fully saturated rings. The van der Waals surface area contributed by atoms with Crippen molar-refractivity contribution in [1.29, 1.82) is 0 Å². The maximum absolute atomic E-state index is 12.5. The van der Waals surface area contributed by atoms with Gasteiger partial charge in [-0.25, -0.2) is 4.98 Å². The Labute approximate surface area is 118 Å². The Bertz CT molecular complexity index is 431. The van der Waals surface area contributed by atoms with Gasteiger partial charge in [-0.05, 0) is 39.0 Å². The van der Waals surface area contributed by atoms with Crippen LogP contribution in [0.3, 0.4) is 0 Å². The second-order valence-corrected chi connectivity index (χ2v) is 6.36. The highest BCUT2D eigenvalue weighted by molar-refractivity contribution is 7.13. The molecule has 1 aromatic heterocycles. The van der Waals surface area contributed by atoms with E-state index in [0.29, 0.717) is 6.42 Å². The van der Waals surface area contributed by atoms with E-state index in [2.05, 4.69) is 11.9 Å². The molecule has 0 aliphatic carbocycles. The van der Waals surface area contributed by atoms with E-state index < -0.39 is 0 Å². The summed E-state index contributed by atoms with van der Waals surface area (Å²) in [5.74, 6) is 0.0861. The highest BCUT2D eigenvalue weighted by Crippen LogP contribution is 2.25. The van der Waals surface area contributed by atoms with Crippen LogP contribution in [0.25, 0.3) is 0 Å². The van der Waals surface area contributed by atoms with Crippen LogP contribution in [0, 0.1) is 0 Å². The maximum Gasteiger partial charge on any atom is 0.265 e. The third kappa shape index (κ3) is 3.54. The van der Waals surface area contributed by atoms with Gasteiger partial charge in [0.1, 0.15) is 4.88 Å². The monoisotopic (exact) mass is 282 g/mol. The Morgan fingerprint density at radius 1 is 1.68 bits per heavy atom. The highest BCUT2D eigenvalue weighted by Gasteiger charge is 2.30. The molecule has 1 aliphatic heterocycles. The number of hydrogen-bond donors (Lipinski definition) is 1. The predicted octanol–water partition coefficient (Wildman–Crippen LogP) is 2.47. The molecule has 2 rings (SSSR count). The van der Waals surface area contributed by atoms with Crippen LogP contribution in [-0.2, 0) is 6.42 Å². The lowest BCUT2D eigenvalue weighted by molar-refractivity contribution is 0.0686. The standard InChI is InChI=1S/C14H22N2O2S/c1-3-5-13-15-9-12(19-13)14(18)16-7-4-6-11(16)8-10(2)17/h9-11,17H,3-8H2,1-2H3. The quantitative estimate of drug-likeness (QED) is 0.902. The molecule has 0 bridgehead atoms. The van der Waals surface area contributed by atoms with E-state index in [9.17, 15) is 9.90 Å². The number of nitrogens with zero attached hydrogens (tertiary/aromatic N) is 2. The molecule has 4 nitrogen and oxygen atoms in total. The summed E-state index contributed by atoms with van der Waals surface area (Å²) in [5, 5.41) is 10.5. The van der Waals surface area contributed by atoms with Crippen molar-refractivity contribution in [3.05, 3.63) is 16.1 Å². The van der Waals surface area contributed by atoms with Gasteiger partial charge in [0.15, 0.2) is 0 Å². The zero-order chi connectivity index (χ0) is 13.8. The number of carbonyl (C=O) groups is 1. The lowest BCUT2D eigenvalue weighted by Gasteiger charge is -2.25. The molecule has 0 radical (unpaired) electrons. The molecule has 2 atom stereocenters. The van der Waals surface area contributed by atoms with Gasteiger partial charge < -0.3 is 10.0 Å². The Morgan fingerprint density at radius 3 is 3.16 bits per heavy atom. The van der Waals surface area contributed by atoms with Gasteiger partial charge in [-0.2, -0.15) is 0 Å². The first kappa shape index (κ1) is 14.5. The van der Waals surface area contributed by atoms with E-state index in [0.717, 1.165) is 42.1 Å². The molecule has 1 amide bonds. The lowest BCUT2D eigenvalue weighted by Crippen LogP contribution is -2.36. The van der Waals surface area contributed by atoms with Crippen LogP contribution >= 0.6 is 11.3 Å². The van der Waals surface area contributed by atoms with Gasteiger partial charge in [0.05, 0.1) is 17.3 Å². The Balaban J connectivity index is 2.04. The number of aromatic nitrogens is 1. The fraction of sp³-hybridized carbons (Fsp3) is 0.714. The summed E-state index contributed by atoms with van der Waals surface area (Å²) in [6.07, 6.45) is 6.05. The number of amides is 1. The van der Waals surface area contributed by atoms with Gasteiger partial charge in [0, 0.05) is 12.6 Å². The van der Waals surface area contributed by atoms with E-state index in [4.69, 9.17) is 0 Å². The molecule has 19 heavy (non-hydrogen) atoms. The molecular formula is C14H22N2O2S. The van der Waals surface area contributed by atoms with Gasteiger partial charge in [-0.15, -0.1) is 11.3 Å². The Morgan fingerprint density at radius 2 is 2.47 bits per heavy atom. The summed E-state index contributed by atoms with van der Waals surface area (Å²) in [5.41, 5.74) is 0. The van der Waals surface area contributed by atoms with Crippen LogP contribution in [0.5, 0.6) is 0 Å². The van der Waals surface area contributed by atoms with Crippen LogP contribution < -0.4 is 0 Å². The average molecular weight is 282 g/mol. The molecule has 1 aromatic rings. The number of likely N-dealkylation sites (tertiary alicyclic amines) is 1. The molecule has 106 valence electrons. The second kappa shape index (κ2) is 6.48. The molecule has 0 aromatic carbocycles. The number of rotatable bonds is 5. The van der Waals surface area contributed by atoms with Crippen molar-refractivity contribution in [2.45, 2.75) is 58.1 Å². The summed E-state index contributed by atoms with van der Waals surface area (Å²) in [6, 6.07) is 0.184. The van der Waals surface area contributed by atoms with Gasteiger partial charge in [-0.1, -0.05) is 6.92 Å². The number of hydrogen-bond acceptors (Lipinski definition) is 4. The highest BCUT2D eigenvalue weighted by atomic mass is 32.1. The number of aliphatic hydroxyl groups excluding tert-OH is 1. The first-order valence-electron chi connectivity index (χ1n) is 7.05. The van der Waals surface area contributed by atoms with Crippen LogP contribution in [0.2, 0.25) is 0 Å². The topological polar surface area (TPSA) is 53.4 Å². The van der Waals surface area contributed by atoms with Crippen LogP contribution in [0.15, 0.2) is 6.20 Å². The number of aliphatic hydroxyl groups is 1. The first-order valence-corrected chi connectivity index (χ1v) is 7.87. The van der Waals surface area contributed by atoms with Gasteiger partial charge >= 0.3 is 0 Å². The summed E-state index contributed by atoms with van der Waals surface area (Å²) in [4.78, 5) is 19.4. The van der Waals surface area contributed by atoms with Gasteiger partial charge in [-0.3, -0.25) is 4.79 Å². The predicted molar refractivity (Wildman–Crippen MR) is 76.5 cm³/mol. The molecule has 5 heteroatoms. The van der Waals surface area contributed by atoms with Gasteiger partial charge in [0.25, 0.3) is 5.91 Å². The second-order valence-electron chi connectivity index (χ2n) is 5.25. The third-order valence-corrected chi connectivity index (χ3v) is 4.52. The fourth-order valence-corrected chi connectivity index (χ4v) is 3.60. The summed E-state index contributed by atoms with van der Waals surface area (Å²) in [6.45, 7) is 4.70. The summed E-state index contributed by atoms with van der Waals surface area (Å²) in [7, 11) is 0. The summed E-state index contributed by atoms with van der Waals surface area (Å²) >= 11 is 1.51. The summed E-state index contributed by atoms with van der Waals surface area (Å²) < 4.78 is 0. The number of thiazole rings is 1. The molecule has 1 saturated heterocycles. The van der Waals surface area contributed by atoms with Crippen LogP contribution in [-0.4, -0.2) is 39.6 Å². The maximum atomic E-state index is 12.5. The van der Waals surface area contributed by atoms with E-state index in [1.54, 1.807) is 13.1 Å². The number of carbonyl (C=O) groups excluding carboxylic acids is 1. The van der Waals surface area contributed by atoms with E-state index in [-0.39, 0.29) is 18.1 Å². The van der Waals surface area contributed by atoms with E-state index in [1.807, 2.05) is 4.90 Å². The van der Waals surface area contributed by atoms with Crippen LogP contribution in [0.1, 0.15) is 54.2 Å². The molecule has 2 unspecified atom stereocenters. The first-order chi connectivity index (χ1) is 9.11. The van der Waals surface area contributed by atoms with Crippen molar-refractivity contribution in [3.8, 4) is 0 Å².